The predicted octanol–water partition coefficient (Wildman–Crippen LogP) is 4.67. The molecule has 0 radical (unpaired) electrons. The summed E-state index contributed by atoms with van der Waals surface area (Å²) in [5, 5.41) is 7.78. The smallest absolute Gasteiger partial charge is 0.439 e. The van der Waals surface area contributed by atoms with Gasteiger partial charge in [-0.15, -0.1) is 0 Å². The van der Waals surface area contributed by atoms with Gasteiger partial charge in [-0.1, -0.05) is 22.8 Å². The van der Waals surface area contributed by atoms with Gasteiger partial charge in [0.05, 0.1) is 17.1 Å². The summed E-state index contributed by atoms with van der Waals surface area (Å²) in [6.45, 7) is 5.55. The van der Waals surface area contributed by atoms with E-state index in [0.29, 0.717) is 50.6 Å². The number of aliphatic imine (C=N–C) groups is 1. The number of nitrogen functional groups attached to an aromatic ring is 1. The normalized spacial score (nSPS) is 12.3. The predicted molar refractivity (Wildman–Crippen MR) is 151 cm³/mol. The monoisotopic (exact) mass is 545 g/mol. The van der Waals surface area contributed by atoms with E-state index >= 15 is 0 Å². The van der Waals surface area contributed by atoms with E-state index in [1.165, 1.54) is 0 Å². The Morgan fingerprint density at radius 1 is 1.21 bits per heavy atom. The van der Waals surface area contributed by atoms with E-state index in [0.717, 1.165) is 11.1 Å². The van der Waals surface area contributed by atoms with Crippen LogP contribution in [0, 0.1) is 13.8 Å². The van der Waals surface area contributed by atoms with E-state index in [1.54, 1.807) is 50.6 Å². The van der Waals surface area contributed by atoms with Crippen molar-refractivity contribution in [2.45, 2.75) is 26.8 Å². The Morgan fingerprint density at radius 3 is 2.72 bits per heavy atom. The maximum atomic E-state index is 13.5. The largest absolute Gasteiger partial charge is 0.455 e. The van der Waals surface area contributed by atoms with Gasteiger partial charge in [0.1, 0.15) is 28.0 Å². The first-order valence-corrected chi connectivity index (χ1v) is 12.3. The lowest BCUT2D eigenvalue weighted by molar-refractivity contribution is 0.388. The first-order chi connectivity index (χ1) is 18.7. The van der Waals surface area contributed by atoms with Crippen molar-refractivity contribution >= 4 is 40.3 Å². The van der Waals surface area contributed by atoms with Crippen LogP contribution in [0.4, 0.5) is 11.5 Å². The molecule has 39 heavy (non-hydrogen) atoms. The van der Waals surface area contributed by atoms with Crippen LogP contribution in [-0.4, -0.2) is 33.4 Å². The van der Waals surface area contributed by atoms with Gasteiger partial charge < -0.3 is 15.5 Å². The Balaban J connectivity index is 1.65. The van der Waals surface area contributed by atoms with Crippen LogP contribution in [0.1, 0.15) is 35.2 Å². The molecule has 1 aromatic carbocycles. The van der Waals surface area contributed by atoms with E-state index in [2.05, 4.69) is 34.9 Å². The van der Waals surface area contributed by atoms with Crippen LogP contribution in [0.25, 0.3) is 33.8 Å². The molecule has 4 N–H and O–H groups in total. The second-order valence-corrected chi connectivity index (χ2v) is 9.43. The molecule has 1 unspecified atom stereocenters. The Hall–Kier alpha value is -4.77. The molecule has 0 saturated heterocycles. The molecule has 5 rings (SSSR count). The molecule has 198 valence electrons. The van der Waals surface area contributed by atoms with Gasteiger partial charge in [-0.05, 0) is 50.6 Å². The van der Waals surface area contributed by atoms with Gasteiger partial charge in [0.2, 0.25) is 5.82 Å². The fraction of sp³-hybridized carbons (Fsp3) is 0.185. The lowest BCUT2D eigenvalue weighted by atomic mass is 9.98. The number of aryl methyl sites for hydroxylation is 1. The number of H-pyrrole nitrogens is 1. The summed E-state index contributed by atoms with van der Waals surface area (Å²) in [6, 6.07) is 8.49. The molecule has 0 saturated carbocycles. The number of aromatic nitrogens is 4. The number of nitrogens with two attached hydrogens (primary N) is 1. The standard InChI is InChI=1S/C27H24ClN7O4/c1-12-7-17(14(3)32-19-5-6-20(28)33-21(19)26-34-27(37)39-35-26)24-18(8-12)22(36)13(2)23(38-24)15-9-16(10-30-4)25(29)31-11-15/h5-11,14,32H,1-4H3,(H2,29,31)(H,34,35,37). The average molecular weight is 546 g/mol. The zero-order chi connectivity index (χ0) is 27.8. The fourth-order valence-electron chi connectivity index (χ4n) is 4.40. The summed E-state index contributed by atoms with van der Waals surface area (Å²) in [5.41, 5.74) is 10.4. The molecule has 5 aromatic rings. The Kier molecular flexibility index (Phi) is 6.75. The minimum absolute atomic E-state index is 0.123. The van der Waals surface area contributed by atoms with Gasteiger partial charge in [-0.25, -0.2) is 14.8 Å². The summed E-state index contributed by atoms with van der Waals surface area (Å²) in [6.07, 6.45) is 3.17. The molecule has 4 aromatic heterocycles. The minimum Gasteiger partial charge on any atom is -0.455 e. The fourth-order valence-corrected chi connectivity index (χ4v) is 4.55. The molecule has 0 bridgehead atoms. The number of benzene rings is 1. The second-order valence-electron chi connectivity index (χ2n) is 9.04. The van der Waals surface area contributed by atoms with E-state index in [4.69, 9.17) is 21.8 Å². The van der Waals surface area contributed by atoms with Gasteiger partial charge in [-0.3, -0.25) is 19.3 Å². The second kappa shape index (κ2) is 10.2. The summed E-state index contributed by atoms with van der Waals surface area (Å²) in [7, 11) is 1.64. The summed E-state index contributed by atoms with van der Waals surface area (Å²) in [4.78, 5) is 40.2. The summed E-state index contributed by atoms with van der Waals surface area (Å²) >= 11 is 6.11. The molecule has 0 fully saturated rings. The van der Waals surface area contributed by atoms with Crippen molar-refractivity contribution in [2.24, 2.45) is 4.99 Å². The molecule has 11 nitrogen and oxygen atoms in total. The molecule has 4 heterocycles. The van der Waals surface area contributed by atoms with E-state index in [-0.39, 0.29) is 22.4 Å². The van der Waals surface area contributed by atoms with Crippen LogP contribution in [0.2, 0.25) is 5.15 Å². The van der Waals surface area contributed by atoms with E-state index in [1.807, 2.05) is 19.9 Å². The molecule has 12 heteroatoms. The van der Waals surface area contributed by atoms with Crippen molar-refractivity contribution in [3.63, 3.8) is 0 Å². The number of aromatic amines is 1. The third-order valence-corrected chi connectivity index (χ3v) is 6.45. The van der Waals surface area contributed by atoms with E-state index in [9.17, 15) is 9.59 Å². The Labute approximate surface area is 226 Å². The lowest BCUT2D eigenvalue weighted by Crippen LogP contribution is -2.13. The highest BCUT2D eigenvalue weighted by atomic mass is 35.5. The number of halogens is 1. The molecule has 0 amide bonds. The molecular weight excluding hydrogens is 522 g/mol. The topological polar surface area (TPSA) is 165 Å². The van der Waals surface area contributed by atoms with Crippen molar-refractivity contribution in [1.82, 2.24) is 20.1 Å². The maximum Gasteiger partial charge on any atom is 0.439 e. The number of nitrogens with one attached hydrogen (secondary N) is 2. The van der Waals surface area contributed by atoms with Crippen molar-refractivity contribution in [1.29, 1.82) is 0 Å². The zero-order valence-corrected chi connectivity index (χ0v) is 22.3. The third-order valence-electron chi connectivity index (χ3n) is 6.24. The van der Waals surface area contributed by atoms with Crippen molar-refractivity contribution in [2.75, 3.05) is 18.1 Å². The van der Waals surface area contributed by atoms with Gasteiger partial charge in [0, 0.05) is 41.7 Å². The maximum absolute atomic E-state index is 13.5. The quantitative estimate of drug-likeness (QED) is 0.203. The highest BCUT2D eigenvalue weighted by Gasteiger charge is 2.21. The summed E-state index contributed by atoms with van der Waals surface area (Å²) < 4.78 is 11.1. The summed E-state index contributed by atoms with van der Waals surface area (Å²) in [5.74, 6) is 0.112. The van der Waals surface area contributed by atoms with Gasteiger partial charge in [-0.2, -0.15) is 0 Å². The average Bonchev–Trinajstić information content (AvgIpc) is 3.34. The number of nitrogens with zero attached hydrogens (tertiary/aromatic N) is 4. The third kappa shape index (κ3) is 4.91. The number of anilines is 2. The van der Waals surface area contributed by atoms with Crippen LogP contribution in [0.3, 0.4) is 0 Å². The molecule has 0 aliphatic carbocycles. The van der Waals surface area contributed by atoms with Crippen molar-refractivity contribution in [3.8, 4) is 22.8 Å². The number of rotatable bonds is 6. The first kappa shape index (κ1) is 25.9. The number of hydrogen-bond donors (Lipinski definition) is 3. The number of hydrogen-bond acceptors (Lipinski definition) is 10. The number of fused-ring (bicyclic) bond motifs is 1. The minimum atomic E-state index is -0.717. The van der Waals surface area contributed by atoms with Crippen LogP contribution in [-0.2, 0) is 0 Å². The number of pyridine rings is 2. The van der Waals surface area contributed by atoms with Crippen LogP contribution < -0.4 is 22.2 Å². The van der Waals surface area contributed by atoms with E-state index < -0.39 is 5.76 Å². The molecule has 1 atom stereocenters. The van der Waals surface area contributed by atoms with Gasteiger partial charge in [0.15, 0.2) is 5.43 Å². The Bertz CT molecular complexity index is 1870. The highest BCUT2D eigenvalue weighted by Crippen LogP contribution is 2.34. The van der Waals surface area contributed by atoms with Crippen LogP contribution in [0.15, 0.2) is 60.1 Å². The lowest BCUT2D eigenvalue weighted by Gasteiger charge is -2.20. The molecule has 0 aliphatic rings. The first-order valence-electron chi connectivity index (χ1n) is 11.9. The molecule has 0 spiro atoms. The SMILES string of the molecule is CN=Cc1cc(-c2oc3c(C(C)Nc4ccc(Cl)nc4-c4noc(=O)[nH]4)cc(C)cc3c(=O)c2C)cnc1N. The van der Waals surface area contributed by atoms with Crippen molar-refractivity contribution in [3.05, 3.63) is 84.7 Å². The zero-order valence-electron chi connectivity index (χ0n) is 21.5. The van der Waals surface area contributed by atoms with Crippen LogP contribution >= 0.6 is 11.6 Å². The highest BCUT2D eigenvalue weighted by molar-refractivity contribution is 6.29. The molecule has 0 aliphatic heterocycles. The molecular formula is C27H24ClN7O4. The Morgan fingerprint density at radius 2 is 2.00 bits per heavy atom. The van der Waals surface area contributed by atoms with Gasteiger partial charge >= 0.3 is 5.76 Å². The van der Waals surface area contributed by atoms with Crippen molar-refractivity contribution < 1.29 is 8.94 Å². The van der Waals surface area contributed by atoms with Gasteiger partial charge in [0.25, 0.3) is 0 Å². The van der Waals surface area contributed by atoms with Crippen LogP contribution in [0.5, 0.6) is 0 Å².